The summed E-state index contributed by atoms with van der Waals surface area (Å²) in [5.41, 5.74) is 2.04. The topological polar surface area (TPSA) is 84.3 Å². The molecule has 4 rings (SSSR count). The fourth-order valence-corrected chi connectivity index (χ4v) is 3.93. The Bertz CT molecular complexity index is 1100. The molecule has 1 aliphatic rings. The number of anilines is 1. The number of hydrogen-bond acceptors (Lipinski definition) is 6. The summed E-state index contributed by atoms with van der Waals surface area (Å²) in [7, 11) is 1.58. The van der Waals surface area contributed by atoms with Gasteiger partial charge in [-0.3, -0.25) is 9.69 Å². The Kier molecular flexibility index (Phi) is 5.99. The highest BCUT2D eigenvalue weighted by atomic mass is 16.6. The van der Waals surface area contributed by atoms with Gasteiger partial charge in [-0.05, 0) is 26.0 Å². The van der Waals surface area contributed by atoms with Gasteiger partial charge >= 0.3 is 6.09 Å². The Hall–Kier alpha value is -3.26. The van der Waals surface area contributed by atoms with Crippen LogP contribution in [0.15, 0.2) is 40.8 Å². The van der Waals surface area contributed by atoms with Crippen LogP contribution in [-0.4, -0.2) is 67.7 Å². The van der Waals surface area contributed by atoms with E-state index in [1.165, 1.54) is 0 Å². The van der Waals surface area contributed by atoms with E-state index in [0.717, 1.165) is 16.4 Å². The second kappa shape index (κ2) is 8.85. The molecule has 0 bridgehead atoms. The van der Waals surface area contributed by atoms with Crippen molar-refractivity contribution in [2.45, 2.75) is 19.9 Å². The van der Waals surface area contributed by atoms with E-state index in [9.17, 15) is 9.59 Å². The van der Waals surface area contributed by atoms with E-state index in [-0.39, 0.29) is 18.0 Å². The molecule has 0 spiro atoms. The number of carbonyl (C=O) groups is 2. The fourth-order valence-electron chi connectivity index (χ4n) is 3.93. The minimum Gasteiger partial charge on any atom is -0.495 e. The Labute approximate surface area is 180 Å². The van der Waals surface area contributed by atoms with Crippen LogP contribution in [0.2, 0.25) is 0 Å². The van der Waals surface area contributed by atoms with Crippen molar-refractivity contribution < 1.29 is 23.5 Å². The first-order chi connectivity index (χ1) is 15.0. The Morgan fingerprint density at radius 2 is 1.84 bits per heavy atom. The molecule has 0 unspecified atom stereocenters. The first kappa shape index (κ1) is 21.0. The number of furan rings is 1. The SMILES string of the molecule is CCOC(=O)N1CCN([C@H](C)C(=O)Nc2cc3oc4ccccc4c3cc2OC)CC1. The van der Waals surface area contributed by atoms with Crippen molar-refractivity contribution in [2.75, 3.05) is 45.2 Å². The number of amides is 2. The molecule has 0 aliphatic carbocycles. The smallest absolute Gasteiger partial charge is 0.409 e. The van der Waals surface area contributed by atoms with Gasteiger partial charge in [0, 0.05) is 43.0 Å². The van der Waals surface area contributed by atoms with E-state index >= 15 is 0 Å². The molecule has 2 amide bonds. The standard InChI is InChI=1S/C23H27N3O5/c1-4-30-23(28)26-11-9-25(10-12-26)15(2)22(27)24-18-14-20-17(13-21(18)29-3)16-7-5-6-8-19(16)31-20/h5-8,13-15H,4,9-12H2,1-3H3,(H,24,27)/t15-/m1/s1. The Balaban J connectivity index is 1.47. The molecular weight excluding hydrogens is 398 g/mol. The van der Waals surface area contributed by atoms with Gasteiger partial charge in [0.2, 0.25) is 5.91 Å². The summed E-state index contributed by atoms with van der Waals surface area (Å²) in [5, 5.41) is 4.92. The van der Waals surface area contributed by atoms with E-state index < -0.39 is 0 Å². The number of hydrogen-bond donors (Lipinski definition) is 1. The number of fused-ring (bicyclic) bond motifs is 3. The lowest BCUT2D eigenvalue weighted by atomic mass is 10.1. The zero-order valence-corrected chi connectivity index (χ0v) is 18.0. The molecule has 8 heteroatoms. The van der Waals surface area contributed by atoms with Gasteiger partial charge < -0.3 is 24.1 Å². The highest BCUT2D eigenvalue weighted by molar-refractivity contribution is 6.08. The van der Waals surface area contributed by atoms with Crippen LogP contribution in [0.3, 0.4) is 0 Å². The lowest BCUT2D eigenvalue weighted by molar-refractivity contribution is -0.121. The molecule has 31 heavy (non-hydrogen) atoms. The van der Waals surface area contributed by atoms with E-state index in [2.05, 4.69) is 10.2 Å². The van der Waals surface area contributed by atoms with Crippen LogP contribution in [0, 0.1) is 0 Å². The number of benzene rings is 2. The van der Waals surface area contributed by atoms with Crippen molar-refractivity contribution in [1.82, 2.24) is 9.80 Å². The zero-order chi connectivity index (χ0) is 22.0. The quantitative estimate of drug-likeness (QED) is 0.671. The molecule has 2 heterocycles. The number of carbonyl (C=O) groups excluding carboxylic acids is 2. The molecule has 2 aromatic carbocycles. The predicted molar refractivity (Wildman–Crippen MR) is 119 cm³/mol. The van der Waals surface area contributed by atoms with Crippen molar-refractivity contribution >= 4 is 39.6 Å². The number of ether oxygens (including phenoxy) is 2. The molecule has 8 nitrogen and oxygen atoms in total. The van der Waals surface area contributed by atoms with Crippen molar-refractivity contribution in [3.63, 3.8) is 0 Å². The van der Waals surface area contributed by atoms with E-state index in [1.54, 1.807) is 25.0 Å². The zero-order valence-electron chi connectivity index (χ0n) is 18.0. The molecule has 164 valence electrons. The second-order valence-electron chi connectivity index (χ2n) is 7.53. The molecule has 3 aromatic rings. The summed E-state index contributed by atoms with van der Waals surface area (Å²) < 4.78 is 16.5. The molecule has 1 atom stereocenters. The number of piperazine rings is 1. The maximum absolute atomic E-state index is 13.0. The minimum atomic E-state index is -0.361. The molecular formula is C23H27N3O5. The Morgan fingerprint density at radius 3 is 2.55 bits per heavy atom. The van der Waals surface area contributed by atoms with Gasteiger partial charge in [0.25, 0.3) is 0 Å². The fraction of sp³-hybridized carbons (Fsp3) is 0.391. The number of methoxy groups -OCH3 is 1. The van der Waals surface area contributed by atoms with Crippen molar-refractivity contribution in [3.05, 3.63) is 36.4 Å². The maximum atomic E-state index is 13.0. The van der Waals surface area contributed by atoms with Crippen LogP contribution in [0.25, 0.3) is 21.9 Å². The maximum Gasteiger partial charge on any atom is 0.409 e. The normalized spacial score (nSPS) is 15.8. The summed E-state index contributed by atoms with van der Waals surface area (Å²) in [6.07, 6.45) is -0.303. The summed E-state index contributed by atoms with van der Waals surface area (Å²) in [6, 6.07) is 11.1. The molecule has 0 radical (unpaired) electrons. The van der Waals surface area contributed by atoms with Crippen LogP contribution in [0.1, 0.15) is 13.8 Å². The minimum absolute atomic E-state index is 0.140. The number of rotatable bonds is 5. The van der Waals surface area contributed by atoms with Gasteiger partial charge in [-0.25, -0.2) is 4.79 Å². The molecule has 1 saturated heterocycles. The monoisotopic (exact) mass is 425 g/mol. The molecule has 1 N–H and O–H groups in total. The van der Waals surface area contributed by atoms with Gasteiger partial charge in [-0.1, -0.05) is 18.2 Å². The van der Waals surface area contributed by atoms with Crippen molar-refractivity contribution in [2.24, 2.45) is 0 Å². The molecule has 0 saturated carbocycles. The molecule has 1 aliphatic heterocycles. The number of nitrogens with one attached hydrogen (secondary N) is 1. The van der Waals surface area contributed by atoms with Crippen LogP contribution >= 0.6 is 0 Å². The lowest BCUT2D eigenvalue weighted by Crippen LogP contribution is -2.54. The van der Waals surface area contributed by atoms with Crippen LogP contribution in [0.5, 0.6) is 5.75 Å². The van der Waals surface area contributed by atoms with Gasteiger partial charge in [0.15, 0.2) is 0 Å². The Morgan fingerprint density at radius 1 is 1.10 bits per heavy atom. The first-order valence-electron chi connectivity index (χ1n) is 10.5. The summed E-state index contributed by atoms with van der Waals surface area (Å²) in [6.45, 7) is 6.28. The van der Waals surface area contributed by atoms with Gasteiger partial charge in [0.1, 0.15) is 16.9 Å². The van der Waals surface area contributed by atoms with Gasteiger partial charge in [0.05, 0.1) is 25.4 Å². The number of nitrogens with zero attached hydrogens (tertiary/aromatic N) is 2. The average molecular weight is 425 g/mol. The summed E-state index contributed by atoms with van der Waals surface area (Å²) in [5.74, 6) is 0.435. The van der Waals surface area contributed by atoms with E-state index in [1.807, 2.05) is 37.3 Å². The largest absolute Gasteiger partial charge is 0.495 e. The second-order valence-corrected chi connectivity index (χ2v) is 7.53. The summed E-state index contributed by atoms with van der Waals surface area (Å²) >= 11 is 0. The van der Waals surface area contributed by atoms with Crippen molar-refractivity contribution in [1.29, 1.82) is 0 Å². The highest BCUT2D eigenvalue weighted by Crippen LogP contribution is 2.36. The third-order valence-corrected chi connectivity index (χ3v) is 5.72. The molecule has 1 fully saturated rings. The third kappa shape index (κ3) is 4.16. The third-order valence-electron chi connectivity index (χ3n) is 5.72. The summed E-state index contributed by atoms with van der Waals surface area (Å²) in [4.78, 5) is 28.6. The van der Waals surface area contributed by atoms with Crippen LogP contribution in [0.4, 0.5) is 10.5 Å². The van der Waals surface area contributed by atoms with Gasteiger partial charge in [-0.2, -0.15) is 0 Å². The first-order valence-corrected chi connectivity index (χ1v) is 10.5. The predicted octanol–water partition coefficient (Wildman–Crippen LogP) is 3.70. The average Bonchev–Trinajstić information content (AvgIpc) is 3.15. The van der Waals surface area contributed by atoms with E-state index in [4.69, 9.17) is 13.9 Å². The van der Waals surface area contributed by atoms with Crippen LogP contribution in [-0.2, 0) is 9.53 Å². The van der Waals surface area contributed by atoms with Gasteiger partial charge in [-0.15, -0.1) is 0 Å². The highest BCUT2D eigenvalue weighted by Gasteiger charge is 2.28. The number of para-hydroxylation sites is 1. The van der Waals surface area contributed by atoms with Crippen LogP contribution < -0.4 is 10.1 Å². The van der Waals surface area contributed by atoms with E-state index in [0.29, 0.717) is 49.8 Å². The lowest BCUT2D eigenvalue weighted by Gasteiger charge is -2.36. The van der Waals surface area contributed by atoms with Crippen molar-refractivity contribution in [3.8, 4) is 5.75 Å². The molecule has 1 aromatic heterocycles.